The van der Waals surface area contributed by atoms with Crippen molar-refractivity contribution in [3.05, 3.63) is 34.3 Å². The summed E-state index contributed by atoms with van der Waals surface area (Å²) in [7, 11) is 0. The molecule has 0 aliphatic carbocycles. The highest BCUT2D eigenvalue weighted by Crippen LogP contribution is 2.35. The van der Waals surface area contributed by atoms with Crippen LogP contribution in [0, 0.1) is 6.92 Å². The van der Waals surface area contributed by atoms with Gasteiger partial charge in [0.2, 0.25) is 0 Å². The largest absolute Gasteiger partial charge is 0.392 e. The molecule has 0 saturated carbocycles. The van der Waals surface area contributed by atoms with E-state index in [2.05, 4.69) is 0 Å². The van der Waals surface area contributed by atoms with Gasteiger partial charge in [0, 0.05) is 23.7 Å². The maximum atomic E-state index is 12.5. The number of piperidine rings is 1. The first-order valence-electron chi connectivity index (χ1n) is 6.80. The minimum atomic E-state index is -0.165. The highest BCUT2D eigenvalue weighted by atomic mass is 35.5. The molecular weight excluding hydrogens is 324 g/mol. The molecule has 0 radical (unpaired) electrons. The molecule has 21 heavy (non-hydrogen) atoms. The maximum absolute atomic E-state index is 12.5. The van der Waals surface area contributed by atoms with Crippen molar-refractivity contribution in [2.45, 2.75) is 24.5 Å². The highest BCUT2D eigenvalue weighted by molar-refractivity contribution is 8.02. The van der Waals surface area contributed by atoms with Crippen LogP contribution in [0.1, 0.15) is 28.8 Å². The van der Waals surface area contributed by atoms with Gasteiger partial charge in [0.25, 0.3) is 5.91 Å². The second kappa shape index (κ2) is 6.55. The summed E-state index contributed by atoms with van der Waals surface area (Å²) in [5, 5.41) is 0.681. The van der Waals surface area contributed by atoms with E-state index in [1.807, 2.05) is 24.1 Å². The Bertz CT molecular complexity index is 569. The summed E-state index contributed by atoms with van der Waals surface area (Å²) in [6.07, 6.45) is 3.64. The van der Waals surface area contributed by atoms with Crippen LogP contribution in [0.2, 0.25) is 5.02 Å². The fraction of sp³-hybridized carbons (Fsp3) is 0.467. The lowest BCUT2D eigenvalue weighted by atomic mass is 9.95. The predicted octanol–water partition coefficient (Wildman–Crippen LogP) is 3.27. The number of thiocarbonyl (C=S) groups is 1. The molecule has 1 aliphatic heterocycles. The minimum absolute atomic E-state index is 0.0485. The number of carbonyl (C=O) groups excluding carboxylic acids is 1. The number of thioether (sulfide) groups is 1. The summed E-state index contributed by atoms with van der Waals surface area (Å²) in [5.74, 6) is 0.0485. The van der Waals surface area contributed by atoms with E-state index < -0.39 is 0 Å². The zero-order valence-electron chi connectivity index (χ0n) is 12.2. The SMILES string of the molecule is CSC1(C(N)=S)CCN(C(=O)c2ccc(Cl)c(C)c2)CC1. The molecule has 114 valence electrons. The van der Waals surface area contributed by atoms with Gasteiger partial charge in [-0.05, 0) is 49.8 Å². The van der Waals surface area contributed by atoms with E-state index in [0.717, 1.165) is 18.4 Å². The Morgan fingerprint density at radius 2 is 2.05 bits per heavy atom. The van der Waals surface area contributed by atoms with Crippen LogP contribution in [0.15, 0.2) is 18.2 Å². The summed E-state index contributed by atoms with van der Waals surface area (Å²) in [4.78, 5) is 15.0. The summed E-state index contributed by atoms with van der Waals surface area (Å²) in [6, 6.07) is 5.39. The molecule has 0 bridgehead atoms. The molecule has 0 unspecified atom stereocenters. The van der Waals surface area contributed by atoms with E-state index in [0.29, 0.717) is 28.7 Å². The molecule has 1 heterocycles. The lowest BCUT2D eigenvalue weighted by molar-refractivity contribution is 0.0719. The number of nitrogens with zero attached hydrogens (tertiary/aromatic N) is 1. The number of rotatable bonds is 3. The molecule has 1 aliphatic rings. The van der Waals surface area contributed by atoms with E-state index >= 15 is 0 Å². The van der Waals surface area contributed by atoms with Crippen molar-refractivity contribution in [3.8, 4) is 0 Å². The minimum Gasteiger partial charge on any atom is -0.392 e. The summed E-state index contributed by atoms with van der Waals surface area (Å²) >= 11 is 12.9. The third kappa shape index (κ3) is 3.35. The molecule has 2 rings (SSSR count). The van der Waals surface area contributed by atoms with Crippen LogP contribution in [0.5, 0.6) is 0 Å². The first kappa shape index (κ1) is 16.6. The number of aryl methyl sites for hydroxylation is 1. The lowest BCUT2D eigenvalue weighted by Crippen LogP contribution is -2.50. The van der Waals surface area contributed by atoms with Crippen molar-refractivity contribution in [1.82, 2.24) is 4.90 Å². The second-order valence-corrected chi connectivity index (χ2v) is 7.36. The number of carbonyl (C=O) groups is 1. The van der Waals surface area contributed by atoms with Crippen LogP contribution in [-0.4, -0.2) is 39.9 Å². The van der Waals surface area contributed by atoms with Crippen LogP contribution >= 0.6 is 35.6 Å². The van der Waals surface area contributed by atoms with Crippen LogP contribution < -0.4 is 5.73 Å². The number of nitrogens with two attached hydrogens (primary N) is 1. The molecule has 0 atom stereocenters. The second-order valence-electron chi connectivity index (χ2n) is 5.32. The van der Waals surface area contributed by atoms with Crippen molar-refractivity contribution in [1.29, 1.82) is 0 Å². The van der Waals surface area contributed by atoms with E-state index in [1.54, 1.807) is 23.9 Å². The predicted molar refractivity (Wildman–Crippen MR) is 94.4 cm³/mol. The maximum Gasteiger partial charge on any atom is 0.253 e. The molecule has 0 aromatic heterocycles. The Morgan fingerprint density at radius 1 is 1.43 bits per heavy atom. The molecular formula is C15H19ClN2OS2. The van der Waals surface area contributed by atoms with Gasteiger partial charge in [0.15, 0.2) is 0 Å². The molecule has 1 saturated heterocycles. The van der Waals surface area contributed by atoms with Crippen molar-refractivity contribution in [2.75, 3.05) is 19.3 Å². The zero-order chi connectivity index (χ0) is 15.6. The molecule has 1 amide bonds. The van der Waals surface area contributed by atoms with Gasteiger partial charge in [0.05, 0.1) is 9.74 Å². The first-order valence-corrected chi connectivity index (χ1v) is 8.81. The quantitative estimate of drug-likeness (QED) is 0.856. The average molecular weight is 343 g/mol. The highest BCUT2D eigenvalue weighted by Gasteiger charge is 2.37. The van der Waals surface area contributed by atoms with Gasteiger partial charge in [-0.1, -0.05) is 23.8 Å². The van der Waals surface area contributed by atoms with E-state index in [-0.39, 0.29) is 10.7 Å². The van der Waals surface area contributed by atoms with Gasteiger partial charge in [-0.3, -0.25) is 4.79 Å². The van der Waals surface area contributed by atoms with Gasteiger partial charge in [-0.25, -0.2) is 0 Å². The Labute approximate surface area is 140 Å². The zero-order valence-corrected chi connectivity index (χ0v) is 14.6. The topological polar surface area (TPSA) is 46.3 Å². The van der Waals surface area contributed by atoms with E-state index in [9.17, 15) is 4.79 Å². The number of likely N-dealkylation sites (tertiary alicyclic amines) is 1. The Kier molecular flexibility index (Phi) is 5.17. The van der Waals surface area contributed by atoms with Crippen molar-refractivity contribution < 1.29 is 4.79 Å². The number of amides is 1. The number of benzene rings is 1. The van der Waals surface area contributed by atoms with E-state index in [1.165, 1.54) is 0 Å². The third-order valence-electron chi connectivity index (χ3n) is 4.10. The Morgan fingerprint density at radius 3 is 2.52 bits per heavy atom. The van der Waals surface area contributed by atoms with Crippen LogP contribution in [0.4, 0.5) is 0 Å². The van der Waals surface area contributed by atoms with Crippen LogP contribution in [0.3, 0.4) is 0 Å². The number of halogens is 1. The fourth-order valence-corrected chi connectivity index (χ4v) is 3.95. The van der Waals surface area contributed by atoms with Crippen molar-refractivity contribution >= 4 is 46.5 Å². The normalized spacial score (nSPS) is 17.6. The third-order valence-corrected chi connectivity index (χ3v) is 6.46. The number of hydrogen-bond donors (Lipinski definition) is 1. The molecule has 1 aromatic rings. The van der Waals surface area contributed by atoms with Gasteiger partial charge in [0.1, 0.15) is 0 Å². The van der Waals surface area contributed by atoms with Gasteiger partial charge in [-0.15, -0.1) is 0 Å². The summed E-state index contributed by atoms with van der Waals surface area (Å²) in [5.41, 5.74) is 7.48. The van der Waals surface area contributed by atoms with Crippen LogP contribution in [-0.2, 0) is 0 Å². The molecule has 0 spiro atoms. The van der Waals surface area contributed by atoms with Crippen LogP contribution in [0.25, 0.3) is 0 Å². The molecule has 1 aromatic carbocycles. The fourth-order valence-electron chi connectivity index (χ4n) is 2.58. The number of hydrogen-bond acceptors (Lipinski definition) is 3. The van der Waals surface area contributed by atoms with Crippen molar-refractivity contribution in [3.63, 3.8) is 0 Å². The molecule has 1 fully saturated rings. The van der Waals surface area contributed by atoms with Gasteiger partial charge < -0.3 is 10.6 Å². The standard InChI is InChI=1S/C15H19ClN2OS2/c1-10-9-11(3-4-12(10)16)13(19)18-7-5-15(21-2,6-8-18)14(17)20/h3-4,9H,5-8H2,1-2H3,(H2,17,20). The smallest absolute Gasteiger partial charge is 0.253 e. The van der Waals surface area contributed by atoms with Crippen molar-refractivity contribution in [2.24, 2.45) is 5.73 Å². The molecule has 6 heteroatoms. The van der Waals surface area contributed by atoms with Gasteiger partial charge in [-0.2, -0.15) is 11.8 Å². The van der Waals surface area contributed by atoms with Gasteiger partial charge >= 0.3 is 0 Å². The Hall–Kier alpha value is -0.780. The lowest BCUT2D eigenvalue weighted by Gasteiger charge is -2.40. The molecule has 3 nitrogen and oxygen atoms in total. The summed E-state index contributed by atoms with van der Waals surface area (Å²) < 4.78 is -0.165. The Balaban J connectivity index is 2.09. The average Bonchev–Trinajstić information content (AvgIpc) is 2.49. The summed E-state index contributed by atoms with van der Waals surface area (Å²) in [6.45, 7) is 3.26. The first-order chi connectivity index (χ1) is 9.89. The monoisotopic (exact) mass is 342 g/mol. The van der Waals surface area contributed by atoms with E-state index in [4.69, 9.17) is 29.6 Å². The molecule has 2 N–H and O–H groups in total.